The normalized spacial score (nSPS) is 15.4. The number of benzene rings is 2. The predicted octanol–water partition coefficient (Wildman–Crippen LogP) is 4.24. The van der Waals surface area contributed by atoms with Crippen LogP contribution < -0.4 is 4.90 Å². The Labute approximate surface area is 120 Å². The summed E-state index contributed by atoms with van der Waals surface area (Å²) >= 11 is 0. The smallest absolute Gasteiger partial charge is 0.100 e. The largest absolute Gasteiger partial charge is 0.330 e. The number of piperidine rings is 1. The third-order valence-electron chi connectivity index (χ3n) is 3.89. The molecule has 0 aromatic heterocycles. The molecule has 1 aliphatic rings. The van der Waals surface area contributed by atoms with Gasteiger partial charge in [-0.05, 0) is 36.5 Å². The van der Waals surface area contributed by atoms with Crippen LogP contribution in [0.15, 0.2) is 54.6 Å². The zero-order valence-electron chi connectivity index (χ0n) is 11.7. The summed E-state index contributed by atoms with van der Waals surface area (Å²) < 4.78 is 0. The van der Waals surface area contributed by atoms with Crippen LogP contribution in [0.4, 0.5) is 5.69 Å². The summed E-state index contributed by atoms with van der Waals surface area (Å²) in [6.45, 7) is 0.977. The Hall–Kier alpha value is -2.09. The molecule has 2 aromatic rings. The monoisotopic (exact) mass is 264 g/mol. The molecule has 0 spiro atoms. The molecule has 102 valence electrons. The predicted molar refractivity (Wildman–Crippen MR) is 84.6 cm³/mol. The molecule has 2 nitrogen and oxygen atoms in total. The summed E-state index contributed by atoms with van der Waals surface area (Å²) in [6.07, 6.45) is 4.17. The van der Waals surface area contributed by atoms with Gasteiger partial charge >= 0.3 is 0 Å². The third-order valence-corrected chi connectivity index (χ3v) is 3.89. The Balaban J connectivity index is 1.90. The highest BCUT2D eigenvalue weighted by Gasteiger charge is 2.18. The molecule has 1 aliphatic heterocycles. The van der Waals surface area contributed by atoms with Crippen LogP contribution in [-0.4, -0.2) is 12.4 Å². The van der Waals surface area contributed by atoms with Crippen LogP contribution in [-0.2, 0) is 6.42 Å². The summed E-state index contributed by atoms with van der Waals surface area (Å²) in [7, 11) is 0. The maximum atomic E-state index is 8.19. The van der Waals surface area contributed by atoms with E-state index in [1.54, 1.807) is 0 Å². The number of nitrogens with one attached hydrogen (secondary N) is 1. The Bertz CT molecular complexity index is 589. The van der Waals surface area contributed by atoms with Crippen molar-refractivity contribution in [2.45, 2.75) is 25.7 Å². The number of hydrogen-bond donors (Lipinski definition) is 1. The standard InChI is InChI=1S/C18H20N2/c19-18-12-6-7-13-20(18)17-11-5-4-10-16(17)14-15-8-2-1-3-9-15/h1-5,8-11,19H,6-7,12-14H2. The molecule has 0 aliphatic carbocycles. The van der Waals surface area contributed by atoms with Crippen LogP contribution in [0, 0.1) is 5.41 Å². The van der Waals surface area contributed by atoms with Crippen molar-refractivity contribution in [1.29, 1.82) is 5.41 Å². The lowest BCUT2D eigenvalue weighted by atomic mass is 10.0. The highest BCUT2D eigenvalue weighted by atomic mass is 15.2. The second-order valence-electron chi connectivity index (χ2n) is 5.35. The van der Waals surface area contributed by atoms with Crippen molar-refractivity contribution in [2.75, 3.05) is 11.4 Å². The van der Waals surface area contributed by atoms with Gasteiger partial charge in [-0.3, -0.25) is 5.41 Å². The maximum Gasteiger partial charge on any atom is 0.100 e. The van der Waals surface area contributed by atoms with Crippen molar-refractivity contribution in [3.63, 3.8) is 0 Å². The number of amidine groups is 1. The average molecular weight is 264 g/mol. The average Bonchev–Trinajstić information content (AvgIpc) is 2.50. The molecule has 0 radical (unpaired) electrons. The van der Waals surface area contributed by atoms with Gasteiger partial charge in [-0.25, -0.2) is 0 Å². The molecule has 0 amide bonds. The molecular weight excluding hydrogens is 244 g/mol. The van der Waals surface area contributed by atoms with E-state index in [9.17, 15) is 0 Å². The van der Waals surface area contributed by atoms with Gasteiger partial charge < -0.3 is 4.90 Å². The SMILES string of the molecule is N=C1CCCCN1c1ccccc1Cc1ccccc1. The van der Waals surface area contributed by atoms with E-state index >= 15 is 0 Å². The molecule has 0 bridgehead atoms. The number of nitrogens with zero attached hydrogens (tertiary/aromatic N) is 1. The number of hydrogen-bond acceptors (Lipinski definition) is 1. The van der Waals surface area contributed by atoms with E-state index in [4.69, 9.17) is 5.41 Å². The van der Waals surface area contributed by atoms with Crippen LogP contribution in [0.25, 0.3) is 0 Å². The molecule has 1 heterocycles. The van der Waals surface area contributed by atoms with Gasteiger partial charge in [0.25, 0.3) is 0 Å². The minimum Gasteiger partial charge on any atom is -0.330 e. The molecule has 3 rings (SSSR count). The first kappa shape index (κ1) is 12.9. The van der Waals surface area contributed by atoms with Crippen molar-refractivity contribution >= 4 is 11.5 Å². The fourth-order valence-corrected chi connectivity index (χ4v) is 2.84. The first-order chi connectivity index (χ1) is 9.84. The lowest BCUT2D eigenvalue weighted by Gasteiger charge is -2.31. The van der Waals surface area contributed by atoms with Crippen molar-refractivity contribution in [1.82, 2.24) is 0 Å². The lowest BCUT2D eigenvalue weighted by molar-refractivity contribution is 0.706. The molecule has 0 saturated carbocycles. The Morgan fingerprint density at radius 1 is 0.900 bits per heavy atom. The number of para-hydroxylation sites is 1. The summed E-state index contributed by atoms with van der Waals surface area (Å²) in [4.78, 5) is 2.18. The topological polar surface area (TPSA) is 27.1 Å². The number of anilines is 1. The van der Waals surface area contributed by atoms with E-state index in [-0.39, 0.29) is 0 Å². The van der Waals surface area contributed by atoms with Crippen molar-refractivity contribution < 1.29 is 0 Å². The zero-order valence-corrected chi connectivity index (χ0v) is 11.7. The minimum atomic E-state index is 0.761. The Morgan fingerprint density at radius 2 is 1.65 bits per heavy atom. The van der Waals surface area contributed by atoms with Gasteiger partial charge in [-0.1, -0.05) is 48.5 Å². The van der Waals surface area contributed by atoms with Gasteiger partial charge in [0.05, 0.1) is 0 Å². The highest BCUT2D eigenvalue weighted by Crippen LogP contribution is 2.26. The quantitative estimate of drug-likeness (QED) is 0.881. The second kappa shape index (κ2) is 5.91. The van der Waals surface area contributed by atoms with E-state index in [0.29, 0.717) is 0 Å². The molecule has 2 heteroatoms. The fraction of sp³-hybridized carbons (Fsp3) is 0.278. The highest BCUT2D eigenvalue weighted by molar-refractivity contribution is 5.96. The number of rotatable bonds is 3. The summed E-state index contributed by atoms with van der Waals surface area (Å²) in [5.74, 6) is 0.761. The molecule has 2 aromatic carbocycles. The van der Waals surface area contributed by atoms with Gasteiger partial charge in [-0.2, -0.15) is 0 Å². The minimum absolute atomic E-state index is 0.761. The second-order valence-corrected chi connectivity index (χ2v) is 5.35. The molecule has 1 fully saturated rings. The lowest BCUT2D eigenvalue weighted by Crippen LogP contribution is -2.35. The molecule has 0 unspecified atom stereocenters. The van der Waals surface area contributed by atoms with Crippen LogP contribution in [0.5, 0.6) is 0 Å². The Kier molecular flexibility index (Phi) is 3.82. The molecule has 1 N–H and O–H groups in total. The fourth-order valence-electron chi connectivity index (χ4n) is 2.84. The van der Waals surface area contributed by atoms with Crippen molar-refractivity contribution in [3.8, 4) is 0 Å². The van der Waals surface area contributed by atoms with E-state index in [0.717, 1.165) is 31.6 Å². The van der Waals surface area contributed by atoms with Crippen LogP contribution in [0.1, 0.15) is 30.4 Å². The third kappa shape index (κ3) is 2.74. The van der Waals surface area contributed by atoms with Gasteiger partial charge in [0, 0.05) is 18.7 Å². The van der Waals surface area contributed by atoms with Crippen molar-refractivity contribution in [2.24, 2.45) is 0 Å². The van der Waals surface area contributed by atoms with Crippen LogP contribution >= 0.6 is 0 Å². The molecular formula is C18H20N2. The van der Waals surface area contributed by atoms with Crippen molar-refractivity contribution in [3.05, 3.63) is 65.7 Å². The van der Waals surface area contributed by atoms with E-state index in [1.807, 2.05) is 0 Å². The van der Waals surface area contributed by atoms with Gasteiger partial charge in [0.15, 0.2) is 0 Å². The molecule has 20 heavy (non-hydrogen) atoms. The van der Waals surface area contributed by atoms with Crippen LogP contribution in [0.2, 0.25) is 0 Å². The van der Waals surface area contributed by atoms with Gasteiger partial charge in [0.1, 0.15) is 5.84 Å². The summed E-state index contributed by atoms with van der Waals surface area (Å²) in [5.41, 5.74) is 3.84. The first-order valence-electron chi connectivity index (χ1n) is 7.31. The van der Waals surface area contributed by atoms with Crippen LogP contribution in [0.3, 0.4) is 0 Å². The zero-order chi connectivity index (χ0) is 13.8. The molecule has 1 saturated heterocycles. The first-order valence-corrected chi connectivity index (χ1v) is 7.31. The maximum absolute atomic E-state index is 8.19. The van der Waals surface area contributed by atoms with Gasteiger partial charge in [-0.15, -0.1) is 0 Å². The summed E-state index contributed by atoms with van der Waals surface area (Å²) in [5, 5.41) is 8.19. The van der Waals surface area contributed by atoms with E-state index < -0.39 is 0 Å². The van der Waals surface area contributed by atoms with E-state index in [1.165, 1.54) is 23.2 Å². The van der Waals surface area contributed by atoms with Gasteiger partial charge in [0.2, 0.25) is 0 Å². The Morgan fingerprint density at radius 3 is 2.45 bits per heavy atom. The van der Waals surface area contributed by atoms with E-state index in [2.05, 4.69) is 59.5 Å². The molecule has 0 atom stereocenters. The summed E-state index contributed by atoms with van der Waals surface area (Å²) in [6, 6.07) is 19.1.